The van der Waals surface area contributed by atoms with Gasteiger partial charge in [-0.1, -0.05) is 19.3 Å². The van der Waals surface area contributed by atoms with E-state index in [0.29, 0.717) is 17.7 Å². The zero-order valence-corrected chi connectivity index (χ0v) is 13.2. The molecule has 2 rings (SSSR count). The number of ether oxygens (including phenoxy) is 1. The second-order valence-corrected chi connectivity index (χ2v) is 6.74. The van der Waals surface area contributed by atoms with E-state index >= 15 is 0 Å². The molecule has 0 aromatic rings. The van der Waals surface area contributed by atoms with Crippen molar-refractivity contribution in [2.24, 2.45) is 5.41 Å². The summed E-state index contributed by atoms with van der Waals surface area (Å²) in [5, 5.41) is 0. The number of rotatable bonds is 5. The predicted molar refractivity (Wildman–Crippen MR) is 81.7 cm³/mol. The third-order valence-electron chi connectivity index (χ3n) is 5.30. The summed E-state index contributed by atoms with van der Waals surface area (Å²) in [6, 6.07) is 0. The highest BCUT2D eigenvalue weighted by atomic mass is 16.5. The van der Waals surface area contributed by atoms with Crippen LogP contribution in [0.2, 0.25) is 0 Å². The number of hydrogen-bond donors (Lipinski definition) is 0. The standard InChI is InChI=1S/C17H31NO2/c1-20-15-6-3-8-16(19)18-13-7-11-17(12-14-18)9-4-2-5-10-17/h2-15H2,1H3. The lowest BCUT2D eigenvalue weighted by Crippen LogP contribution is -2.33. The molecule has 0 bridgehead atoms. The number of nitrogens with zero attached hydrogens (tertiary/aromatic N) is 1. The van der Waals surface area contributed by atoms with Crippen LogP contribution in [0.3, 0.4) is 0 Å². The molecule has 0 N–H and O–H groups in total. The Morgan fingerprint density at radius 2 is 1.75 bits per heavy atom. The molecule has 0 aromatic heterocycles. The Morgan fingerprint density at radius 1 is 1.00 bits per heavy atom. The van der Waals surface area contributed by atoms with Gasteiger partial charge < -0.3 is 9.64 Å². The lowest BCUT2D eigenvalue weighted by molar-refractivity contribution is -0.131. The fourth-order valence-corrected chi connectivity index (χ4v) is 3.99. The van der Waals surface area contributed by atoms with Crippen LogP contribution >= 0.6 is 0 Å². The second-order valence-electron chi connectivity index (χ2n) is 6.74. The lowest BCUT2D eigenvalue weighted by Gasteiger charge is -2.36. The van der Waals surface area contributed by atoms with Gasteiger partial charge in [0, 0.05) is 33.2 Å². The topological polar surface area (TPSA) is 29.5 Å². The molecule has 1 amide bonds. The number of carbonyl (C=O) groups excluding carboxylic acids is 1. The van der Waals surface area contributed by atoms with Gasteiger partial charge in [0.05, 0.1) is 0 Å². The monoisotopic (exact) mass is 281 g/mol. The summed E-state index contributed by atoms with van der Waals surface area (Å²) in [4.78, 5) is 14.4. The lowest BCUT2D eigenvalue weighted by atomic mass is 9.69. The second kappa shape index (κ2) is 8.02. The minimum atomic E-state index is 0.369. The van der Waals surface area contributed by atoms with Gasteiger partial charge in [-0.3, -0.25) is 4.79 Å². The maximum atomic E-state index is 12.3. The normalized spacial score (nSPS) is 22.8. The molecule has 0 unspecified atom stereocenters. The molecule has 1 spiro atoms. The number of methoxy groups -OCH3 is 1. The summed E-state index contributed by atoms with van der Waals surface area (Å²) < 4.78 is 5.04. The van der Waals surface area contributed by atoms with Crippen LogP contribution in [-0.4, -0.2) is 37.6 Å². The zero-order valence-electron chi connectivity index (χ0n) is 13.2. The van der Waals surface area contributed by atoms with Gasteiger partial charge in [-0.25, -0.2) is 0 Å². The van der Waals surface area contributed by atoms with Crippen LogP contribution in [0.1, 0.15) is 70.6 Å². The summed E-state index contributed by atoms with van der Waals surface area (Å²) in [5.41, 5.74) is 0.587. The van der Waals surface area contributed by atoms with Crippen molar-refractivity contribution in [1.82, 2.24) is 4.90 Å². The van der Waals surface area contributed by atoms with Gasteiger partial charge in [0.25, 0.3) is 0 Å². The SMILES string of the molecule is COCCCCC(=O)N1CCCC2(CCCCC2)CC1. The third kappa shape index (κ3) is 4.47. The van der Waals surface area contributed by atoms with Crippen LogP contribution in [0.4, 0.5) is 0 Å². The molecule has 1 aliphatic carbocycles. The van der Waals surface area contributed by atoms with Crippen LogP contribution in [0.5, 0.6) is 0 Å². The molecule has 116 valence electrons. The summed E-state index contributed by atoms with van der Waals surface area (Å²) >= 11 is 0. The van der Waals surface area contributed by atoms with Gasteiger partial charge in [0.2, 0.25) is 5.91 Å². The van der Waals surface area contributed by atoms with E-state index in [0.717, 1.165) is 32.5 Å². The van der Waals surface area contributed by atoms with Gasteiger partial charge in [-0.05, 0) is 50.4 Å². The molecule has 0 aromatic carbocycles. The van der Waals surface area contributed by atoms with Crippen LogP contribution in [0, 0.1) is 5.41 Å². The molecular formula is C17H31NO2. The average Bonchev–Trinajstić information content (AvgIpc) is 2.67. The first-order chi connectivity index (χ1) is 9.76. The first-order valence-electron chi connectivity index (χ1n) is 8.52. The van der Waals surface area contributed by atoms with Crippen LogP contribution in [0.25, 0.3) is 0 Å². The number of likely N-dealkylation sites (tertiary alicyclic amines) is 1. The smallest absolute Gasteiger partial charge is 0.222 e. The molecule has 3 heteroatoms. The fraction of sp³-hybridized carbons (Fsp3) is 0.941. The van der Waals surface area contributed by atoms with E-state index in [1.807, 2.05) is 0 Å². The molecule has 1 saturated heterocycles. The van der Waals surface area contributed by atoms with Gasteiger partial charge in [-0.2, -0.15) is 0 Å². The maximum absolute atomic E-state index is 12.3. The fourth-order valence-electron chi connectivity index (χ4n) is 3.99. The molecule has 2 fully saturated rings. The maximum Gasteiger partial charge on any atom is 0.222 e. The highest BCUT2D eigenvalue weighted by molar-refractivity contribution is 5.76. The van der Waals surface area contributed by atoms with E-state index in [9.17, 15) is 4.79 Å². The van der Waals surface area contributed by atoms with Crippen LogP contribution in [-0.2, 0) is 9.53 Å². The molecule has 1 saturated carbocycles. The summed E-state index contributed by atoms with van der Waals surface area (Å²) in [5.74, 6) is 0.369. The van der Waals surface area contributed by atoms with Gasteiger partial charge in [0.1, 0.15) is 0 Å². The van der Waals surface area contributed by atoms with E-state index < -0.39 is 0 Å². The molecule has 3 nitrogen and oxygen atoms in total. The van der Waals surface area contributed by atoms with E-state index in [2.05, 4.69) is 4.90 Å². The number of hydrogen-bond acceptors (Lipinski definition) is 2. The van der Waals surface area contributed by atoms with E-state index in [1.54, 1.807) is 7.11 Å². The van der Waals surface area contributed by atoms with E-state index in [1.165, 1.54) is 51.4 Å². The number of unbranched alkanes of at least 4 members (excludes halogenated alkanes) is 1. The van der Waals surface area contributed by atoms with Crippen LogP contribution in [0.15, 0.2) is 0 Å². The Hall–Kier alpha value is -0.570. The summed E-state index contributed by atoms with van der Waals surface area (Å²) in [6.07, 6.45) is 13.5. The number of amides is 1. The molecule has 1 heterocycles. The van der Waals surface area contributed by atoms with Crippen molar-refractivity contribution in [3.05, 3.63) is 0 Å². The summed E-state index contributed by atoms with van der Waals surface area (Å²) in [7, 11) is 1.72. The Kier molecular flexibility index (Phi) is 6.34. The Bertz CT molecular complexity index is 297. The Labute approximate surface area is 124 Å². The minimum absolute atomic E-state index is 0.369. The largest absolute Gasteiger partial charge is 0.385 e. The highest BCUT2D eigenvalue weighted by Crippen LogP contribution is 2.44. The average molecular weight is 281 g/mol. The Balaban J connectivity index is 1.75. The van der Waals surface area contributed by atoms with Crippen molar-refractivity contribution in [3.63, 3.8) is 0 Å². The molecule has 1 aliphatic heterocycles. The van der Waals surface area contributed by atoms with Crippen molar-refractivity contribution in [2.75, 3.05) is 26.8 Å². The molecule has 20 heavy (non-hydrogen) atoms. The van der Waals surface area contributed by atoms with Crippen molar-refractivity contribution in [2.45, 2.75) is 70.6 Å². The molecule has 0 radical (unpaired) electrons. The number of carbonyl (C=O) groups is 1. The quantitative estimate of drug-likeness (QED) is 0.718. The zero-order chi connectivity index (χ0) is 14.3. The van der Waals surface area contributed by atoms with Crippen molar-refractivity contribution < 1.29 is 9.53 Å². The molecular weight excluding hydrogens is 250 g/mol. The minimum Gasteiger partial charge on any atom is -0.385 e. The van der Waals surface area contributed by atoms with Crippen molar-refractivity contribution in [1.29, 1.82) is 0 Å². The van der Waals surface area contributed by atoms with E-state index in [4.69, 9.17) is 4.74 Å². The highest BCUT2D eigenvalue weighted by Gasteiger charge is 2.34. The van der Waals surface area contributed by atoms with Gasteiger partial charge in [-0.15, -0.1) is 0 Å². The first kappa shape index (κ1) is 15.8. The molecule has 0 atom stereocenters. The predicted octanol–water partition coefficient (Wildman–Crippen LogP) is 3.77. The van der Waals surface area contributed by atoms with Crippen molar-refractivity contribution >= 4 is 5.91 Å². The molecule has 2 aliphatic rings. The van der Waals surface area contributed by atoms with Crippen molar-refractivity contribution in [3.8, 4) is 0 Å². The van der Waals surface area contributed by atoms with Gasteiger partial charge >= 0.3 is 0 Å². The summed E-state index contributed by atoms with van der Waals surface area (Å²) in [6.45, 7) is 2.77. The first-order valence-corrected chi connectivity index (χ1v) is 8.52. The van der Waals surface area contributed by atoms with Crippen LogP contribution < -0.4 is 0 Å². The van der Waals surface area contributed by atoms with Gasteiger partial charge in [0.15, 0.2) is 0 Å². The third-order valence-corrected chi connectivity index (χ3v) is 5.30. The van der Waals surface area contributed by atoms with E-state index in [-0.39, 0.29) is 0 Å². The Morgan fingerprint density at radius 3 is 2.50 bits per heavy atom.